The molecule has 0 atom stereocenters. The fourth-order valence-corrected chi connectivity index (χ4v) is 2.15. The van der Waals surface area contributed by atoms with Gasteiger partial charge in [0.05, 0.1) is 11.4 Å². The summed E-state index contributed by atoms with van der Waals surface area (Å²) in [4.78, 5) is 23.6. The Bertz CT molecular complexity index is 664. The largest absolute Gasteiger partial charge is 0.465 e. The number of rotatable bonds is 1. The molecule has 0 aromatic heterocycles. The molecule has 2 heterocycles. The lowest BCUT2D eigenvalue weighted by Crippen LogP contribution is -2.42. The van der Waals surface area contributed by atoms with E-state index in [1.165, 1.54) is 4.90 Å². The molecule has 0 saturated carbocycles. The Labute approximate surface area is 109 Å². The quantitative estimate of drug-likeness (QED) is 0.821. The van der Waals surface area contributed by atoms with Crippen molar-refractivity contribution >= 4 is 23.5 Å². The number of anilines is 2. The van der Waals surface area contributed by atoms with Gasteiger partial charge in [0.2, 0.25) is 0 Å². The Morgan fingerprint density at radius 2 is 1.79 bits per heavy atom. The molecule has 4 rings (SSSR count). The first-order valence-electron chi connectivity index (χ1n) is 5.70. The number of carbonyl (C=O) groups excluding carboxylic acids is 1. The van der Waals surface area contributed by atoms with Crippen LogP contribution in [0.1, 0.15) is 0 Å². The summed E-state index contributed by atoms with van der Waals surface area (Å²) in [7, 11) is 0. The van der Waals surface area contributed by atoms with Gasteiger partial charge in [0.1, 0.15) is 0 Å². The molecule has 0 spiro atoms. The summed E-state index contributed by atoms with van der Waals surface area (Å²) in [6.07, 6.45) is -1.36. The monoisotopic (exact) mass is 254 g/mol. The van der Waals surface area contributed by atoms with E-state index in [0.29, 0.717) is 11.4 Å². The van der Waals surface area contributed by atoms with Crippen LogP contribution in [0.15, 0.2) is 48.5 Å². The van der Waals surface area contributed by atoms with Gasteiger partial charge < -0.3 is 5.11 Å². The first kappa shape index (κ1) is 11.3. The number of fused-ring (bicyclic) bond motifs is 2. The van der Waals surface area contributed by atoms with Crippen molar-refractivity contribution in [1.82, 2.24) is 5.32 Å². The molecule has 2 aliphatic rings. The maximum absolute atomic E-state index is 11.8. The third-order valence-electron chi connectivity index (χ3n) is 2.98. The highest BCUT2D eigenvalue weighted by atomic mass is 16.4. The van der Waals surface area contributed by atoms with Gasteiger partial charge in [-0.3, -0.25) is 4.90 Å². The van der Waals surface area contributed by atoms with E-state index < -0.39 is 12.1 Å². The van der Waals surface area contributed by atoms with E-state index in [0.717, 1.165) is 11.1 Å². The van der Waals surface area contributed by atoms with Gasteiger partial charge in [-0.15, -0.1) is 0 Å². The number of imide groups is 1. The van der Waals surface area contributed by atoms with Gasteiger partial charge in [0, 0.05) is 5.56 Å². The molecule has 94 valence electrons. The van der Waals surface area contributed by atoms with Crippen LogP contribution in [0.3, 0.4) is 0 Å². The van der Waals surface area contributed by atoms with E-state index in [2.05, 4.69) is 0 Å². The number of nitrogens with zero attached hydrogens (tertiary/aromatic N) is 1. The summed E-state index contributed by atoms with van der Waals surface area (Å²) in [5.74, 6) is 0. The second-order valence-electron chi connectivity index (χ2n) is 4.14. The zero-order valence-corrected chi connectivity index (χ0v) is 9.83. The SMILES string of the molecule is O=C(O)NC(=O)N1c2ccc(-c3ccccc3)c1c2. The van der Waals surface area contributed by atoms with Gasteiger partial charge in [0.15, 0.2) is 0 Å². The Hall–Kier alpha value is -2.82. The number of carbonyl (C=O) groups is 2. The molecule has 0 aliphatic carbocycles. The van der Waals surface area contributed by atoms with E-state index in [1.54, 1.807) is 6.07 Å². The summed E-state index contributed by atoms with van der Waals surface area (Å²) in [6.45, 7) is 0. The second kappa shape index (κ2) is 4.13. The third-order valence-corrected chi connectivity index (χ3v) is 2.98. The molecule has 5 heteroatoms. The van der Waals surface area contributed by atoms with E-state index in [4.69, 9.17) is 5.11 Å². The van der Waals surface area contributed by atoms with E-state index >= 15 is 0 Å². The first-order chi connectivity index (χ1) is 9.16. The van der Waals surface area contributed by atoms with Gasteiger partial charge in [-0.1, -0.05) is 36.4 Å². The molecule has 0 radical (unpaired) electrons. The Morgan fingerprint density at radius 3 is 2.42 bits per heavy atom. The molecule has 2 bridgehead atoms. The molecule has 2 N–H and O–H groups in total. The minimum Gasteiger partial charge on any atom is -0.465 e. The maximum Gasteiger partial charge on any atom is 0.412 e. The lowest BCUT2D eigenvalue weighted by Gasteiger charge is -2.33. The Balaban J connectivity index is 1.95. The standard InChI is InChI=1S/C14H10N2O3/c17-13(15-14(18)19)16-10-6-7-11(12(16)8-10)9-4-2-1-3-5-9/h1-8H,(H,15,17)(H,18,19). The summed E-state index contributed by atoms with van der Waals surface area (Å²) in [5, 5.41) is 10.4. The molecule has 2 aromatic carbocycles. The molecule has 2 aromatic rings. The summed E-state index contributed by atoms with van der Waals surface area (Å²) < 4.78 is 0. The Morgan fingerprint density at radius 1 is 1.05 bits per heavy atom. The topological polar surface area (TPSA) is 69.6 Å². The molecular formula is C14H10N2O3. The molecule has 0 unspecified atom stereocenters. The van der Waals surface area contributed by atoms with Crippen molar-refractivity contribution in [3.05, 3.63) is 48.5 Å². The van der Waals surface area contributed by atoms with Crippen LogP contribution in [0, 0.1) is 0 Å². The normalized spacial score (nSPS) is 11.7. The zero-order chi connectivity index (χ0) is 13.4. The van der Waals surface area contributed by atoms with Crippen molar-refractivity contribution in [2.24, 2.45) is 0 Å². The van der Waals surface area contributed by atoms with Crippen molar-refractivity contribution < 1.29 is 14.7 Å². The van der Waals surface area contributed by atoms with Gasteiger partial charge in [-0.25, -0.2) is 14.9 Å². The zero-order valence-electron chi connectivity index (χ0n) is 9.83. The number of hydrogen-bond acceptors (Lipinski definition) is 2. The molecular weight excluding hydrogens is 244 g/mol. The Kier molecular flexibility index (Phi) is 2.45. The number of hydrogen-bond donors (Lipinski definition) is 2. The van der Waals surface area contributed by atoms with Crippen LogP contribution in [0.25, 0.3) is 11.1 Å². The predicted molar refractivity (Wildman–Crippen MR) is 70.6 cm³/mol. The number of carboxylic acid groups (broad SMARTS) is 1. The number of amides is 3. The number of nitrogens with one attached hydrogen (secondary N) is 1. The van der Waals surface area contributed by atoms with Gasteiger partial charge >= 0.3 is 12.1 Å². The second-order valence-corrected chi connectivity index (χ2v) is 4.14. The van der Waals surface area contributed by atoms with Crippen LogP contribution in [0.5, 0.6) is 0 Å². The van der Waals surface area contributed by atoms with Crippen molar-refractivity contribution in [3.63, 3.8) is 0 Å². The molecule has 0 saturated heterocycles. The lowest BCUT2D eigenvalue weighted by molar-refractivity contribution is 0.193. The van der Waals surface area contributed by atoms with E-state index in [9.17, 15) is 9.59 Å². The highest BCUT2D eigenvalue weighted by Gasteiger charge is 2.30. The van der Waals surface area contributed by atoms with Crippen LogP contribution >= 0.6 is 0 Å². The smallest absolute Gasteiger partial charge is 0.412 e. The molecule has 3 amide bonds. The van der Waals surface area contributed by atoms with Crippen molar-refractivity contribution in [1.29, 1.82) is 0 Å². The van der Waals surface area contributed by atoms with Gasteiger partial charge in [-0.2, -0.15) is 0 Å². The molecule has 5 nitrogen and oxygen atoms in total. The minimum atomic E-state index is -1.36. The lowest BCUT2D eigenvalue weighted by atomic mass is 9.97. The van der Waals surface area contributed by atoms with Crippen LogP contribution in [-0.2, 0) is 0 Å². The molecule has 2 aliphatic heterocycles. The van der Waals surface area contributed by atoms with Gasteiger partial charge in [-0.05, 0) is 17.7 Å². The third kappa shape index (κ3) is 1.81. The summed E-state index contributed by atoms with van der Waals surface area (Å²) >= 11 is 0. The fourth-order valence-electron chi connectivity index (χ4n) is 2.15. The van der Waals surface area contributed by atoms with Crippen LogP contribution in [0.2, 0.25) is 0 Å². The maximum atomic E-state index is 11.8. The highest BCUT2D eigenvalue weighted by Crippen LogP contribution is 2.45. The summed E-state index contributed by atoms with van der Waals surface area (Å²) in [6, 6.07) is 14.5. The van der Waals surface area contributed by atoms with E-state index in [1.807, 2.05) is 47.8 Å². The van der Waals surface area contributed by atoms with Gasteiger partial charge in [0.25, 0.3) is 0 Å². The predicted octanol–water partition coefficient (Wildman–Crippen LogP) is 3.19. The fraction of sp³-hybridized carbons (Fsp3) is 0. The average Bonchev–Trinajstić information content (AvgIpc) is 2.38. The van der Waals surface area contributed by atoms with E-state index in [-0.39, 0.29) is 0 Å². The van der Waals surface area contributed by atoms with Crippen LogP contribution in [0.4, 0.5) is 21.0 Å². The molecule has 0 fully saturated rings. The van der Waals surface area contributed by atoms with Crippen molar-refractivity contribution in [2.45, 2.75) is 0 Å². The first-order valence-corrected chi connectivity index (χ1v) is 5.70. The molecule has 19 heavy (non-hydrogen) atoms. The van der Waals surface area contributed by atoms with Crippen molar-refractivity contribution in [2.75, 3.05) is 4.90 Å². The van der Waals surface area contributed by atoms with Crippen LogP contribution in [-0.4, -0.2) is 17.2 Å². The number of urea groups is 1. The summed E-state index contributed by atoms with van der Waals surface area (Å²) in [5.41, 5.74) is 3.28. The minimum absolute atomic E-state index is 0.655. The van der Waals surface area contributed by atoms with Crippen LogP contribution < -0.4 is 10.2 Å². The highest BCUT2D eigenvalue weighted by molar-refractivity contribution is 6.12. The van der Waals surface area contributed by atoms with Crippen molar-refractivity contribution in [3.8, 4) is 11.1 Å². The number of benzene rings is 2. The average molecular weight is 254 g/mol.